The van der Waals surface area contributed by atoms with Gasteiger partial charge in [-0.1, -0.05) is 30.5 Å². The highest BCUT2D eigenvalue weighted by Crippen LogP contribution is 2.28. The quantitative estimate of drug-likeness (QED) is 0.615. The molecule has 1 amide bonds. The Bertz CT molecular complexity index is 1270. The molecule has 2 heterocycles. The van der Waals surface area contributed by atoms with Crippen molar-refractivity contribution < 1.29 is 21.6 Å². The van der Waals surface area contributed by atoms with E-state index in [-0.39, 0.29) is 20.4 Å². The van der Waals surface area contributed by atoms with Crippen LogP contribution >= 0.6 is 11.6 Å². The number of carbonyl (C=O) groups is 1. The van der Waals surface area contributed by atoms with Gasteiger partial charge in [-0.15, -0.1) is 0 Å². The summed E-state index contributed by atoms with van der Waals surface area (Å²) in [5.74, 6) is -0.556. The second-order valence-electron chi connectivity index (χ2n) is 8.56. The Morgan fingerprint density at radius 1 is 0.765 bits per heavy atom. The normalized spacial score (nSPS) is 18.5. The molecule has 1 N–H and O–H groups in total. The van der Waals surface area contributed by atoms with Crippen molar-refractivity contribution in [2.24, 2.45) is 0 Å². The van der Waals surface area contributed by atoms with Crippen LogP contribution in [-0.4, -0.2) is 57.5 Å². The topological polar surface area (TPSA) is 104 Å². The van der Waals surface area contributed by atoms with Crippen LogP contribution in [0.2, 0.25) is 5.02 Å². The molecule has 0 spiro atoms. The van der Waals surface area contributed by atoms with E-state index < -0.39 is 26.0 Å². The maximum Gasteiger partial charge on any atom is 0.255 e. The minimum absolute atomic E-state index is 0.0551. The van der Waals surface area contributed by atoms with E-state index in [1.165, 1.54) is 38.9 Å². The molecular weight excluding hydrogens is 498 g/mol. The maximum absolute atomic E-state index is 13.2. The molecule has 2 aromatic carbocycles. The summed E-state index contributed by atoms with van der Waals surface area (Å²) in [5.41, 5.74) is 0.419. The number of anilines is 1. The number of nitrogens with zero attached hydrogens (tertiary/aromatic N) is 2. The van der Waals surface area contributed by atoms with E-state index in [2.05, 4.69) is 5.32 Å². The van der Waals surface area contributed by atoms with Crippen molar-refractivity contribution in [3.63, 3.8) is 0 Å². The number of hydrogen-bond acceptors (Lipinski definition) is 5. The number of carbonyl (C=O) groups excluding carboxylic acids is 1. The number of rotatable bonds is 6. The predicted octanol–water partition coefficient (Wildman–Crippen LogP) is 3.94. The number of halogens is 1. The molecule has 2 aliphatic heterocycles. The lowest BCUT2D eigenvalue weighted by molar-refractivity contribution is 0.102. The summed E-state index contributed by atoms with van der Waals surface area (Å²) in [5, 5.41) is 2.73. The molecule has 2 aliphatic rings. The molecule has 0 aliphatic carbocycles. The van der Waals surface area contributed by atoms with Crippen molar-refractivity contribution in [1.82, 2.24) is 8.61 Å². The lowest BCUT2D eigenvalue weighted by Gasteiger charge is -2.21. The molecule has 8 nitrogen and oxygen atoms in total. The van der Waals surface area contributed by atoms with Crippen molar-refractivity contribution in [3.8, 4) is 0 Å². The van der Waals surface area contributed by atoms with Crippen molar-refractivity contribution >= 4 is 43.2 Å². The van der Waals surface area contributed by atoms with Crippen molar-refractivity contribution in [2.45, 2.75) is 48.3 Å². The van der Waals surface area contributed by atoms with Crippen LogP contribution in [0.25, 0.3) is 0 Å². The number of sulfonamides is 2. The summed E-state index contributed by atoms with van der Waals surface area (Å²) < 4.78 is 55.0. The van der Waals surface area contributed by atoms with Crippen LogP contribution in [-0.2, 0) is 20.0 Å². The van der Waals surface area contributed by atoms with Gasteiger partial charge < -0.3 is 5.32 Å². The Morgan fingerprint density at radius 2 is 1.35 bits per heavy atom. The molecule has 2 aromatic rings. The fourth-order valence-electron chi connectivity index (χ4n) is 4.28. The summed E-state index contributed by atoms with van der Waals surface area (Å²) in [6.45, 7) is 1.82. The van der Waals surface area contributed by atoms with Gasteiger partial charge in [0.2, 0.25) is 20.0 Å². The van der Waals surface area contributed by atoms with Crippen LogP contribution in [0.1, 0.15) is 48.9 Å². The van der Waals surface area contributed by atoms with Gasteiger partial charge in [-0.2, -0.15) is 8.61 Å². The maximum atomic E-state index is 13.2. The molecule has 34 heavy (non-hydrogen) atoms. The van der Waals surface area contributed by atoms with Crippen LogP contribution < -0.4 is 5.32 Å². The van der Waals surface area contributed by atoms with Crippen LogP contribution in [0.3, 0.4) is 0 Å². The van der Waals surface area contributed by atoms with Crippen LogP contribution in [0.4, 0.5) is 5.69 Å². The highest BCUT2D eigenvalue weighted by molar-refractivity contribution is 7.89. The number of amides is 1. The van der Waals surface area contributed by atoms with E-state index in [0.29, 0.717) is 31.9 Å². The van der Waals surface area contributed by atoms with E-state index in [1.54, 1.807) is 12.1 Å². The first-order valence-corrected chi connectivity index (χ1v) is 14.7. The zero-order chi connectivity index (χ0) is 24.3. The van der Waals surface area contributed by atoms with E-state index in [0.717, 1.165) is 38.5 Å². The lowest BCUT2D eigenvalue weighted by atomic mass is 10.2. The molecule has 0 saturated carbocycles. The van der Waals surface area contributed by atoms with Gasteiger partial charge >= 0.3 is 0 Å². The third-order valence-corrected chi connectivity index (χ3v) is 10.4. The largest absolute Gasteiger partial charge is 0.322 e. The number of nitrogens with one attached hydrogen (secondary N) is 1. The van der Waals surface area contributed by atoms with Gasteiger partial charge in [-0.3, -0.25) is 4.79 Å². The third-order valence-electron chi connectivity index (χ3n) is 6.17. The Kier molecular flexibility index (Phi) is 7.63. The van der Waals surface area contributed by atoms with Crippen LogP contribution in [0.5, 0.6) is 0 Å². The minimum atomic E-state index is -3.84. The average molecular weight is 526 g/mol. The van der Waals surface area contributed by atoms with Gasteiger partial charge in [0.1, 0.15) is 4.90 Å². The minimum Gasteiger partial charge on any atom is -0.322 e. The fourth-order valence-corrected chi connectivity index (χ4v) is 7.86. The average Bonchev–Trinajstić information content (AvgIpc) is 3.22. The predicted molar refractivity (Wildman–Crippen MR) is 131 cm³/mol. The highest BCUT2D eigenvalue weighted by Gasteiger charge is 2.29. The second kappa shape index (κ2) is 10.3. The molecule has 0 bridgehead atoms. The highest BCUT2D eigenvalue weighted by atomic mass is 35.5. The summed E-state index contributed by atoms with van der Waals surface area (Å²) in [6.07, 6.45) is 5.19. The Labute approximate surface area is 206 Å². The molecule has 2 fully saturated rings. The van der Waals surface area contributed by atoms with Gasteiger partial charge in [0.15, 0.2) is 0 Å². The molecule has 0 aromatic heterocycles. The molecule has 0 unspecified atom stereocenters. The van der Waals surface area contributed by atoms with Gasteiger partial charge in [0, 0.05) is 37.4 Å². The molecule has 11 heteroatoms. The SMILES string of the molecule is O=C(Nc1cccc(S(=O)(=O)N2CCCC2)c1)c1ccc(Cl)c(S(=O)(=O)N2CCCCCC2)c1. The Hall–Kier alpha value is -1.98. The summed E-state index contributed by atoms with van der Waals surface area (Å²) in [6, 6.07) is 10.2. The lowest BCUT2D eigenvalue weighted by Crippen LogP contribution is -2.32. The van der Waals surface area contributed by atoms with Crippen molar-refractivity contribution in [1.29, 1.82) is 0 Å². The van der Waals surface area contributed by atoms with E-state index >= 15 is 0 Å². The molecular formula is C23H28ClN3O5S2. The van der Waals surface area contributed by atoms with Crippen molar-refractivity contribution in [3.05, 3.63) is 53.1 Å². The standard InChI is InChI=1S/C23H28ClN3O5S2/c24-21-11-10-18(16-22(21)34(31,32)27-12-3-1-2-4-13-27)23(28)25-19-8-7-9-20(17-19)33(29,30)26-14-5-6-15-26/h7-11,16-17H,1-6,12-15H2,(H,25,28). The van der Waals surface area contributed by atoms with Gasteiger partial charge in [-0.05, 0) is 62.1 Å². The number of benzene rings is 2. The first kappa shape index (κ1) is 25.1. The molecule has 0 radical (unpaired) electrons. The number of hydrogen-bond donors (Lipinski definition) is 1. The summed E-state index contributed by atoms with van der Waals surface area (Å²) in [7, 11) is -7.47. The van der Waals surface area contributed by atoms with Crippen LogP contribution in [0, 0.1) is 0 Å². The first-order chi connectivity index (χ1) is 16.2. The van der Waals surface area contributed by atoms with Crippen LogP contribution in [0.15, 0.2) is 52.3 Å². The van der Waals surface area contributed by atoms with E-state index in [9.17, 15) is 21.6 Å². The fraction of sp³-hybridized carbons (Fsp3) is 0.435. The first-order valence-electron chi connectivity index (χ1n) is 11.4. The zero-order valence-electron chi connectivity index (χ0n) is 18.7. The Morgan fingerprint density at radius 3 is 2.00 bits per heavy atom. The monoisotopic (exact) mass is 525 g/mol. The zero-order valence-corrected chi connectivity index (χ0v) is 21.1. The molecule has 4 rings (SSSR count). The second-order valence-corrected chi connectivity index (χ2v) is 12.8. The van der Waals surface area contributed by atoms with Gasteiger partial charge in [0.25, 0.3) is 5.91 Å². The van der Waals surface area contributed by atoms with Crippen molar-refractivity contribution in [2.75, 3.05) is 31.5 Å². The third kappa shape index (κ3) is 5.31. The molecule has 184 valence electrons. The Balaban J connectivity index is 1.56. The summed E-state index contributed by atoms with van der Waals surface area (Å²) in [4.78, 5) is 12.9. The van der Waals surface area contributed by atoms with E-state index in [4.69, 9.17) is 11.6 Å². The molecule has 2 saturated heterocycles. The molecule has 0 atom stereocenters. The van der Waals surface area contributed by atoms with Gasteiger partial charge in [-0.25, -0.2) is 16.8 Å². The smallest absolute Gasteiger partial charge is 0.255 e. The van der Waals surface area contributed by atoms with Gasteiger partial charge in [0.05, 0.1) is 9.92 Å². The van der Waals surface area contributed by atoms with E-state index in [1.807, 2.05) is 0 Å². The summed E-state index contributed by atoms with van der Waals surface area (Å²) >= 11 is 6.23.